The van der Waals surface area contributed by atoms with Gasteiger partial charge in [-0.3, -0.25) is 9.69 Å². The summed E-state index contributed by atoms with van der Waals surface area (Å²) in [4.78, 5) is 25.4. The van der Waals surface area contributed by atoms with E-state index in [4.69, 9.17) is 22.1 Å². The Labute approximate surface area is 200 Å². The molecular weight excluding hydrogens is 458 g/mol. The molecule has 1 fully saturated rings. The summed E-state index contributed by atoms with van der Waals surface area (Å²) >= 11 is 6.44. The van der Waals surface area contributed by atoms with Crippen molar-refractivity contribution in [3.05, 3.63) is 71.3 Å². The van der Waals surface area contributed by atoms with Gasteiger partial charge in [0.25, 0.3) is 5.91 Å². The number of ether oxygens (including phenoxy) is 1. The van der Waals surface area contributed by atoms with Crippen LogP contribution in [-0.4, -0.2) is 44.0 Å². The molecule has 9 heteroatoms. The van der Waals surface area contributed by atoms with Crippen molar-refractivity contribution in [2.24, 2.45) is 0 Å². The molecule has 2 heterocycles. The maximum absolute atomic E-state index is 12.9. The van der Waals surface area contributed by atoms with Gasteiger partial charge < -0.3 is 14.6 Å². The van der Waals surface area contributed by atoms with E-state index in [-0.39, 0.29) is 18.9 Å². The van der Waals surface area contributed by atoms with Crippen molar-refractivity contribution in [1.82, 2.24) is 14.7 Å². The number of aliphatic carboxylic acids is 1. The predicted octanol–water partition coefficient (Wildman–Crippen LogP) is 3.28. The molecule has 0 N–H and O–H groups in total. The van der Waals surface area contributed by atoms with Crippen LogP contribution in [0.4, 0.5) is 0 Å². The number of nitrogens with zero attached hydrogens (tertiary/aromatic N) is 3. The van der Waals surface area contributed by atoms with E-state index in [1.807, 2.05) is 67.7 Å². The lowest BCUT2D eigenvalue weighted by Gasteiger charge is -2.14. The maximum atomic E-state index is 12.9. The molecule has 1 aromatic heterocycles. The zero-order valence-electron chi connectivity index (χ0n) is 17.8. The molecule has 3 aromatic rings. The number of hydrogen-bond acceptors (Lipinski definition) is 7. The second-order valence-corrected chi connectivity index (χ2v) is 8.81. The average Bonchev–Trinajstić information content (AvgIpc) is 3.34. The molecule has 0 radical (unpaired) electrons. The van der Waals surface area contributed by atoms with Gasteiger partial charge in [-0.05, 0) is 37.3 Å². The van der Waals surface area contributed by atoms with Crippen molar-refractivity contribution in [2.75, 3.05) is 13.2 Å². The molecule has 1 aliphatic heterocycles. The third-order valence-corrected chi connectivity index (χ3v) is 6.26. The van der Waals surface area contributed by atoms with Crippen molar-refractivity contribution in [3.8, 4) is 22.7 Å². The third kappa shape index (κ3) is 5.15. The van der Waals surface area contributed by atoms with Crippen LogP contribution in [0, 0.1) is 0 Å². The zero-order valence-corrected chi connectivity index (χ0v) is 19.4. The normalized spacial score (nSPS) is 14.8. The SMILES string of the molecule is CCOc1cccc(-c2nn(-c3ccccc3)cc2/C=C2\SC(=S)N(CCC(=O)[O-])C2=O)c1. The van der Waals surface area contributed by atoms with Crippen LogP contribution < -0.4 is 9.84 Å². The predicted molar refractivity (Wildman–Crippen MR) is 130 cm³/mol. The summed E-state index contributed by atoms with van der Waals surface area (Å²) in [6, 6.07) is 17.3. The van der Waals surface area contributed by atoms with Crippen LogP contribution in [0.25, 0.3) is 23.0 Å². The highest BCUT2D eigenvalue weighted by atomic mass is 32.2. The van der Waals surface area contributed by atoms with Gasteiger partial charge >= 0.3 is 0 Å². The summed E-state index contributed by atoms with van der Waals surface area (Å²) in [6.45, 7) is 2.45. The van der Waals surface area contributed by atoms with Crippen molar-refractivity contribution < 1.29 is 19.4 Å². The Balaban J connectivity index is 1.75. The highest BCUT2D eigenvalue weighted by Crippen LogP contribution is 2.35. The van der Waals surface area contributed by atoms with Gasteiger partial charge in [0, 0.05) is 36.3 Å². The molecule has 168 valence electrons. The number of hydrogen-bond donors (Lipinski definition) is 0. The molecule has 1 amide bonds. The van der Waals surface area contributed by atoms with Crippen molar-refractivity contribution in [3.63, 3.8) is 0 Å². The number of carbonyl (C=O) groups excluding carboxylic acids is 2. The van der Waals surface area contributed by atoms with E-state index < -0.39 is 5.97 Å². The first kappa shape index (κ1) is 22.8. The largest absolute Gasteiger partial charge is 0.550 e. The van der Waals surface area contributed by atoms with Crippen LogP contribution in [-0.2, 0) is 9.59 Å². The van der Waals surface area contributed by atoms with E-state index in [2.05, 4.69) is 0 Å². The lowest BCUT2D eigenvalue weighted by atomic mass is 10.1. The molecule has 0 bridgehead atoms. The van der Waals surface area contributed by atoms with Gasteiger partial charge in [-0.2, -0.15) is 5.10 Å². The number of thiocarbonyl (C=S) groups is 1. The molecule has 0 saturated carbocycles. The molecule has 1 aliphatic rings. The fraction of sp³-hybridized carbons (Fsp3) is 0.167. The number of aromatic nitrogens is 2. The molecule has 7 nitrogen and oxygen atoms in total. The summed E-state index contributed by atoms with van der Waals surface area (Å²) < 4.78 is 7.72. The number of thioether (sulfide) groups is 1. The van der Waals surface area contributed by atoms with Crippen molar-refractivity contribution >= 4 is 46.3 Å². The molecule has 1 saturated heterocycles. The van der Waals surface area contributed by atoms with Gasteiger partial charge in [0.15, 0.2) is 0 Å². The van der Waals surface area contributed by atoms with E-state index in [1.54, 1.807) is 10.8 Å². The van der Waals surface area contributed by atoms with Crippen LogP contribution in [0.5, 0.6) is 5.75 Å². The first-order valence-electron chi connectivity index (χ1n) is 10.3. The highest BCUT2D eigenvalue weighted by molar-refractivity contribution is 8.26. The van der Waals surface area contributed by atoms with Crippen LogP contribution in [0.1, 0.15) is 18.9 Å². The number of para-hydroxylation sites is 1. The molecular formula is C24H20N3O4S2-. The number of carboxylic acid groups (broad SMARTS) is 1. The molecule has 0 aliphatic carbocycles. The Kier molecular flexibility index (Phi) is 6.90. The Morgan fingerprint density at radius 3 is 2.73 bits per heavy atom. The topological polar surface area (TPSA) is 87.5 Å². The average molecular weight is 479 g/mol. The second-order valence-electron chi connectivity index (χ2n) is 7.13. The molecule has 0 atom stereocenters. The lowest BCUT2D eigenvalue weighted by Crippen LogP contribution is -2.33. The zero-order chi connectivity index (χ0) is 23.4. The number of amides is 1. The lowest BCUT2D eigenvalue weighted by molar-refractivity contribution is -0.305. The Hall–Kier alpha value is -3.43. The van der Waals surface area contributed by atoms with Crippen LogP contribution in [0.15, 0.2) is 65.7 Å². The number of carbonyl (C=O) groups is 2. The van der Waals surface area contributed by atoms with Gasteiger partial charge in [0.05, 0.1) is 17.2 Å². The molecule has 0 spiro atoms. The Bertz CT molecular complexity index is 1240. The number of carboxylic acids is 1. The van der Waals surface area contributed by atoms with Crippen LogP contribution in [0.3, 0.4) is 0 Å². The Morgan fingerprint density at radius 1 is 1.21 bits per heavy atom. The molecule has 2 aromatic carbocycles. The molecule has 0 unspecified atom stereocenters. The first-order chi connectivity index (χ1) is 16.0. The maximum Gasteiger partial charge on any atom is 0.266 e. The van der Waals surface area contributed by atoms with E-state index in [0.29, 0.717) is 21.5 Å². The minimum atomic E-state index is -1.23. The monoisotopic (exact) mass is 478 g/mol. The summed E-state index contributed by atoms with van der Waals surface area (Å²) in [5.41, 5.74) is 3.13. The minimum absolute atomic E-state index is 0.0170. The van der Waals surface area contributed by atoms with E-state index in [0.717, 1.165) is 34.3 Å². The highest BCUT2D eigenvalue weighted by Gasteiger charge is 2.32. The number of rotatable bonds is 8. The van der Waals surface area contributed by atoms with Gasteiger partial charge in [0.1, 0.15) is 15.8 Å². The quantitative estimate of drug-likeness (QED) is 0.363. The van der Waals surface area contributed by atoms with Crippen molar-refractivity contribution in [1.29, 1.82) is 0 Å². The summed E-state index contributed by atoms with van der Waals surface area (Å²) in [5, 5.41) is 15.6. The van der Waals surface area contributed by atoms with Gasteiger partial charge in [-0.25, -0.2) is 4.68 Å². The molecule has 4 rings (SSSR count). The Morgan fingerprint density at radius 2 is 2.00 bits per heavy atom. The summed E-state index contributed by atoms with van der Waals surface area (Å²) in [7, 11) is 0. The van der Waals surface area contributed by atoms with Gasteiger partial charge in [-0.1, -0.05) is 54.3 Å². The fourth-order valence-electron chi connectivity index (χ4n) is 3.37. The molecule has 33 heavy (non-hydrogen) atoms. The first-order valence-corrected chi connectivity index (χ1v) is 11.5. The van der Waals surface area contributed by atoms with Gasteiger partial charge in [-0.15, -0.1) is 0 Å². The van der Waals surface area contributed by atoms with Crippen LogP contribution in [0.2, 0.25) is 0 Å². The fourth-order valence-corrected chi connectivity index (χ4v) is 4.67. The number of benzene rings is 2. The smallest absolute Gasteiger partial charge is 0.266 e. The summed E-state index contributed by atoms with van der Waals surface area (Å²) in [6.07, 6.45) is 3.32. The van der Waals surface area contributed by atoms with Crippen LogP contribution >= 0.6 is 24.0 Å². The second kappa shape index (κ2) is 10.0. The minimum Gasteiger partial charge on any atom is -0.550 e. The van der Waals surface area contributed by atoms with Crippen molar-refractivity contribution in [2.45, 2.75) is 13.3 Å². The summed E-state index contributed by atoms with van der Waals surface area (Å²) in [5.74, 6) is -0.829. The van der Waals surface area contributed by atoms with E-state index in [1.165, 1.54) is 4.90 Å². The van der Waals surface area contributed by atoms with E-state index in [9.17, 15) is 14.7 Å². The standard InChI is InChI=1S/C24H21N3O4S2/c1-2-31-19-10-6-7-16(13-19)22-17(15-27(25-22)18-8-4-3-5-9-18)14-20-23(30)26(24(32)33-20)12-11-21(28)29/h3-10,13-15H,2,11-12H2,1H3,(H,28,29)/p-1/b20-14-. The third-order valence-electron chi connectivity index (χ3n) is 4.88. The van der Waals surface area contributed by atoms with Gasteiger partial charge in [0.2, 0.25) is 0 Å². The van der Waals surface area contributed by atoms with E-state index >= 15 is 0 Å².